The van der Waals surface area contributed by atoms with Crippen molar-refractivity contribution in [1.82, 2.24) is 0 Å². The first-order valence-electron chi connectivity index (χ1n) is 4.24. The average Bonchev–Trinajstić information content (AvgIpc) is 2.45. The van der Waals surface area contributed by atoms with E-state index in [1.54, 1.807) is 0 Å². The van der Waals surface area contributed by atoms with Gasteiger partial charge in [-0.15, -0.1) is 5.47 Å². The second-order valence-corrected chi connectivity index (χ2v) is 3.36. The smallest absolute Gasteiger partial charge is 0.172 e. The molecule has 0 saturated carbocycles. The van der Waals surface area contributed by atoms with E-state index in [0.29, 0.717) is 0 Å². The summed E-state index contributed by atoms with van der Waals surface area (Å²) in [5.74, 6) is -0.223. The highest BCUT2D eigenvalue weighted by atomic mass is 16.7. The van der Waals surface area contributed by atoms with E-state index in [0.717, 1.165) is 32.5 Å². The predicted molar refractivity (Wildman–Crippen MR) is 45.1 cm³/mol. The highest BCUT2D eigenvalue weighted by molar-refractivity contribution is 6.21. The van der Waals surface area contributed by atoms with Gasteiger partial charge in [0, 0.05) is 12.8 Å². The maximum absolute atomic E-state index is 5.56. The molecule has 0 atom stereocenters. The lowest BCUT2D eigenvalue weighted by Gasteiger charge is -2.29. The minimum Gasteiger partial charge on any atom is -0.347 e. The maximum atomic E-state index is 5.56. The zero-order valence-electron chi connectivity index (χ0n) is 6.93. The zero-order chi connectivity index (χ0) is 7.73. The summed E-state index contributed by atoms with van der Waals surface area (Å²) >= 11 is 0. The van der Waals surface area contributed by atoms with Crippen LogP contribution in [0, 0.1) is 0 Å². The third-order valence-corrected chi connectivity index (χ3v) is 2.48. The highest BCUT2D eigenvalue weighted by Crippen LogP contribution is 2.33. The molecule has 1 aliphatic carbocycles. The van der Waals surface area contributed by atoms with Crippen molar-refractivity contribution >= 4 is 7.85 Å². The van der Waals surface area contributed by atoms with Gasteiger partial charge in [0.2, 0.25) is 0 Å². The quantitative estimate of drug-likeness (QED) is 0.468. The molecule has 0 aromatic heterocycles. The average molecular weight is 152 g/mol. The SMILES string of the molecule is BC1=CCC2(CC1)OCCO2. The lowest BCUT2D eigenvalue weighted by atomic mass is 9.83. The van der Waals surface area contributed by atoms with Gasteiger partial charge >= 0.3 is 0 Å². The first-order chi connectivity index (χ1) is 5.31. The molecule has 1 fully saturated rings. The summed E-state index contributed by atoms with van der Waals surface area (Å²) in [6.45, 7) is 1.54. The van der Waals surface area contributed by atoms with Crippen molar-refractivity contribution in [2.75, 3.05) is 13.2 Å². The monoisotopic (exact) mass is 152 g/mol. The van der Waals surface area contributed by atoms with E-state index in [-0.39, 0.29) is 5.79 Å². The molecule has 0 aromatic carbocycles. The number of rotatable bonds is 0. The molecule has 11 heavy (non-hydrogen) atoms. The molecule has 3 heteroatoms. The van der Waals surface area contributed by atoms with Crippen LogP contribution in [0.3, 0.4) is 0 Å². The van der Waals surface area contributed by atoms with Crippen molar-refractivity contribution in [3.63, 3.8) is 0 Å². The molecule has 0 radical (unpaired) electrons. The van der Waals surface area contributed by atoms with Crippen molar-refractivity contribution in [3.05, 3.63) is 11.5 Å². The lowest BCUT2D eigenvalue weighted by molar-refractivity contribution is -0.160. The van der Waals surface area contributed by atoms with E-state index in [1.165, 1.54) is 5.47 Å². The molecule has 0 unspecified atom stereocenters. The van der Waals surface area contributed by atoms with Gasteiger partial charge in [0.05, 0.1) is 13.2 Å². The largest absolute Gasteiger partial charge is 0.347 e. The maximum Gasteiger partial charge on any atom is 0.172 e. The summed E-state index contributed by atoms with van der Waals surface area (Å²) in [4.78, 5) is 0. The lowest BCUT2D eigenvalue weighted by Crippen LogP contribution is -2.31. The number of hydrogen-bond donors (Lipinski definition) is 0. The Morgan fingerprint density at radius 1 is 1.36 bits per heavy atom. The van der Waals surface area contributed by atoms with Crippen LogP contribution >= 0.6 is 0 Å². The molecule has 0 N–H and O–H groups in total. The molecular formula is C8H13BO2. The molecule has 2 rings (SSSR count). The van der Waals surface area contributed by atoms with Crippen LogP contribution in [0.25, 0.3) is 0 Å². The van der Waals surface area contributed by atoms with E-state index < -0.39 is 0 Å². The van der Waals surface area contributed by atoms with E-state index in [1.807, 2.05) is 0 Å². The van der Waals surface area contributed by atoms with Crippen molar-refractivity contribution in [2.24, 2.45) is 0 Å². The topological polar surface area (TPSA) is 18.5 Å². The minimum atomic E-state index is -0.223. The molecule has 2 nitrogen and oxygen atoms in total. The summed E-state index contributed by atoms with van der Waals surface area (Å²) in [5, 5.41) is 0. The third-order valence-electron chi connectivity index (χ3n) is 2.48. The Hall–Kier alpha value is -0.275. The molecule has 0 amide bonds. The van der Waals surface area contributed by atoms with Crippen LogP contribution < -0.4 is 0 Å². The summed E-state index contributed by atoms with van der Waals surface area (Å²) in [7, 11) is 2.17. The molecule has 0 bridgehead atoms. The molecule has 60 valence electrons. The van der Waals surface area contributed by atoms with Crippen molar-refractivity contribution in [1.29, 1.82) is 0 Å². The summed E-state index contributed by atoms with van der Waals surface area (Å²) in [5.41, 5.74) is 1.47. The first-order valence-corrected chi connectivity index (χ1v) is 4.24. The Kier molecular flexibility index (Phi) is 1.78. The summed E-state index contributed by atoms with van der Waals surface area (Å²) < 4.78 is 11.1. The number of ether oxygens (including phenoxy) is 2. The Morgan fingerprint density at radius 2 is 2.09 bits per heavy atom. The van der Waals surface area contributed by atoms with E-state index in [4.69, 9.17) is 9.47 Å². The van der Waals surface area contributed by atoms with Gasteiger partial charge in [-0.2, -0.15) is 0 Å². The second kappa shape index (κ2) is 2.65. The van der Waals surface area contributed by atoms with E-state index in [9.17, 15) is 0 Å². The third kappa shape index (κ3) is 1.35. The van der Waals surface area contributed by atoms with Gasteiger partial charge in [-0.25, -0.2) is 0 Å². The van der Waals surface area contributed by atoms with Crippen LogP contribution in [-0.4, -0.2) is 26.8 Å². The first kappa shape index (κ1) is 7.38. The fourth-order valence-electron chi connectivity index (χ4n) is 1.68. The zero-order valence-corrected chi connectivity index (χ0v) is 6.93. The molecule has 1 saturated heterocycles. The van der Waals surface area contributed by atoms with Crippen LogP contribution in [0.15, 0.2) is 11.5 Å². The molecule has 2 aliphatic rings. The van der Waals surface area contributed by atoms with Gasteiger partial charge in [0.25, 0.3) is 0 Å². The number of hydrogen-bond acceptors (Lipinski definition) is 2. The van der Waals surface area contributed by atoms with Gasteiger partial charge in [0.1, 0.15) is 7.85 Å². The van der Waals surface area contributed by atoms with Crippen LogP contribution in [-0.2, 0) is 9.47 Å². The van der Waals surface area contributed by atoms with Crippen LogP contribution in [0.2, 0.25) is 0 Å². The Bertz CT molecular complexity index is 183. The fraction of sp³-hybridized carbons (Fsp3) is 0.750. The standard InChI is InChI=1S/C8H13BO2/c9-7-1-3-8(4-2-7)10-5-6-11-8/h1H,2-6,9H2. The second-order valence-electron chi connectivity index (χ2n) is 3.36. The summed E-state index contributed by atoms with van der Waals surface area (Å²) in [6.07, 6.45) is 5.34. The van der Waals surface area contributed by atoms with Crippen LogP contribution in [0.5, 0.6) is 0 Å². The Labute approximate surface area is 68.0 Å². The molecule has 0 aromatic rings. The van der Waals surface area contributed by atoms with Gasteiger partial charge in [-0.05, 0) is 6.42 Å². The van der Waals surface area contributed by atoms with Crippen molar-refractivity contribution < 1.29 is 9.47 Å². The van der Waals surface area contributed by atoms with Gasteiger partial charge in [-0.1, -0.05) is 6.08 Å². The van der Waals surface area contributed by atoms with Gasteiger partial charge in [0.15, 0.2) is 5.79 Å². The normalized spacial score (nSPS) is 28.9. The van der Waals surface area contributed by atoms with Crippen LogP contribution in [0.4, 0.5) is 0 Å². The molecule has 1 heterocycles. The van der Waals surface area contributed by atoms with Crippen molar-refractivity contribution in [2.45, 2.75) is 25.0 Å². The highest BCUT2D eigenvalue weighted by Gasteiger charge is 2.36. The van der Waals surface area contributed by atoms with Gasteiger partial charge in [-0.3, -0.25) is 0 Å². The Morgan fingerprint density at radius 3 is 2.64 bits per heavy atom. The number of allylic oxidation sites excluding steroid dienone is 1. The molecular weight excluding hydrogens is 139 g/mol. The van der Waals surface area contributed by atoms with Gasteiger partial charge < -0.3 is 9.47 Å². The fourth-order valence-corrected chi connectivity index (χ4v) is 1.68. The van der Waals surface area contributed by atoms with E-state index in [2.05, 4.69) is 13.9 Å². The minimum absolute atomic E-state index is 0.223. The predicted octanol–water partition coefficient (Wildman–Crippen LogP) is 0.430. The summed E-state index contributed by atoms with van der Waals surface area (Å²) in [6, 6.07) is 0. The van der Waals surface area contributed by atoms with E-state index >= 15 is 0 Å². The molecule has 1 spiro atoms. The van der Waals surface area contributed by atoms with Crippen molar-refractivity contribution in [3.8, 4) is 0 Å². The van der Waals surface area contributed by atoms with Crippen LogP contribution in [0.1, 0.15) is 19.3 Å². The molecule has 1 aliphatic heterocycles. The Balaban J connectivity index is 2.06.